The van der Waals surface area contributed by atoms with E-state index in [1.807, 2.05) is 30.3 Å². The maximum Gasteiger partial charge on any atom is 0.247 e. The average Bonchev–Trinajstić information content (AvgIpc) is 2.74. The van der Waals surface area contributed by atoms with Crippen LogP contribution in [0.4, 0.5) is 0 Å². The molecule has 1 aliphatic rings. The van der Waals surface area contributed by atoms with E-state index in [0.717, 1.165) is 5.56 Å². The monoisotopic (exact) mass is 216 g/mol. The molecule has 82 valence electrons. The van der Waals surface area contributed by atoms with Crippen molar-refractivity contribution in [2.45, 2.75) is 13.8 Å². The zero-order valence-corrected chi connectivity index (χ0v) is 9.18. The van der Waals surface area contributed by atoms with Crippen molar-refractivity contribution in [1.29, 1.82) is 0 Å². The number of hydrazone groups is 1. The first-order valence-corrected chi connectivity index (χ1v) is 5.01. The van der Waals surface area contributed by atoms with Gasteiger partial charge in [-0.05, 0) is 25.1 Å². The van der Waals surface area contributed by atoms with E-state index in [2.05, 4.69) is 5.10 Å². The highest BCUT2D eigenvalue weighted by molar-refractivity contribution is 5.97. The Kier molecular flexibility index (Phi) is 2.72. The van der Waals surface area contributed by atoms with Crippen LogP contribution in [0, 0.1) is 0 Å². The Hall–Kier alpha value is -2.10. The molecule has 0 atom stereocenters. The van der Waals surface area contributed by atoms with E-state index in [4.69, 9.17) is 4.74 Å². The summed E-state index contributed by atoms with van der Waals surface area (Å²) in [4.78, 5) is 11.3. The van der Waals surface area contributed by atoms with E-state index in [9.17, 15) is 4.79 Å². The first-order valence-electron chi connectivity index (χ1n) is 5.01. The Morgan fingerprint density at radius 2 is 2.06 bits per heavy atom. The summed E-state index contributed by atoms with van der Waals surface area (Å²) in [5, 5.41) is 5.37. The summed E-state index contributed by atoms with van der Waals surface area (Å²) in [6.45, 7) is 3.25. The molecule has 1 aromatic rings. The molecule has 0 saturated carbocycles. The van der Waals surface area contributed by atoms with Gasteiger partial charge in [0.05, 0.1) is 0 Å². The van der Waals surface area contributed by atoms with Crippen LogP contribution in [0.2, 0.25) is 0 Å². The SMILES string of the molecule is C/C=C1/OC(c2ccccc2)=NN1C(C)=O. The fourth-order valence-corrected chi connectivity index (χ4v) is 1.41. The lowest BCUT2D eigenvalue weighted by Crippen LogP contribution is -2.18. The fraction of sp³-hybridized carbons (Fsp3) is 0.167. The summed E-state index contributed by atoms with van der Waals surface area (Å²) < 4.78 is 5.49. The maximum atomic E-state index is 11.3. The average molecular weight is 216 g/mol. The van der Waals surface area contributed by atoms with E-state index in [-0.39, 0.29) is 5.91 Å². The molecular weight excluding hydrogens is 204 g/mol. The molecule has 0 spiro atoms. The summed E-state index contributed by atoms with van der Waals surface area (Å²) in [5.41, 5.74) is 0.852. The minimum absolute atomic E-state index is 0.168. The summed E-state index contributed by atoms with van der Waals surface area (Å²) in [5.74, 6) is 0.731. The second kappa shape index (κ2) is 4.18. The van der Waals surface area contributed by atoms with Gasteiger partial charge in [0, 0.05) is 12.5 Å². The van der Waals surface area contributed by atoms with Gasteiger partial charge in [-0.3, -0.25) is 4.79 Å². The van der Waals surface area contributed by atoms with Crippen molar-refractivity contribution in [2.75, 3.05) is 0 Å². The number of benzene rings is 1. The van der Waals surface area contributed by atoms with E-state index in [1.54, 1.807) is 13.0 Å². The van der Waals surface area contributed by atoms with Crippen LogP contribution in [0.5, 0.6) is 0 Å². The van der Waals surface area contributed by atoms with Crippen molar-refractivity contribution in [2.24, 2.45) is 5.10 Å². The number of carbonyl (C=O) groups is 1. The van der Waals surface area contributed by atoms with Crippen LogP contribution in [0.15, 0.2) is 47.4 Å². The summed E-state index contributed by atoms with van der Waals surface area (Å²) >= 11 is 0. The molecule has 4 nitrogen and oxygen atoms in total. The molecule has 0 aromatic heterocycles. The van der Waals surface area contributed by atoms with Gasteiger partial charge in [-0.15, -0.1) is 5.10 Å². The number of carbonyl (C=O) groups excluding carboxylic acids is 1. The minimum Gasteiger partial charge on any atom is -0.419 e. The molecule has 0 N–H and O–H groups in total. The Labute approximate surface area is 93.8 Å². The van der Waals surface area contributed by atoms with Crippen LogP contribution in [0.25, 0.3) is 0 Å². The van der Waals surface area contributed by atoms with Crippen LogP contribution in [0.3, 0.4) is 0 Å². The highest BCUT2D eigenvalue weighted by Gasteiger charge is 2.25. The van der Waals surface area contributed by atoms with Gasteiger partial charge < -0.3 is 4.74 Å². The number of amides is 1. The minimum atomic E-state index is -0.168. The van der Waals surface area contributed by atoms with Gasteiger partial charge in [0.2, 0.25) is 17.7 Å². The van der Waals surface area contributed by atoms with Crippen molar-refractivity contribution in [3.63, 3.8) is 0 Å². The normalized spacial score (nSPS) is 17.2. The van der Waals surface area contributed by atoms with Gasteiger partial charge in [-0.2, -0.15) is 5.01 Å². The lowest BCUT2D eigenvalue weighted by Gasteiger charge is -2.07. The van der Waals surface area contributed by atoms with E-state index in [1.165, 1.54) is 11.9 Å². The third-order valence-electron chi connectivity index (χ3n) is 2.17. The summed E-state index contributed by atoms with van der Waals surface area (Å²) in [6.07, 6.45) is 1.71. The van der Waals surface area contributed by atoms with Crippen molar-refractivity contribution < 1.29 is 9.53 Å². The van der Waals surface area contributed by atoms with Crippen LogP contribution in [0.1, 0.15) is 19.4 Å². The van der Waals surface area contributed by atoms with E-state index >= 15 is 0 Å². The highest BCUT2D eigenvalue weighted by atomic mass is 16.5. The Morgan fingerprint density at radius 3 is 2.56 bits per heavy atom. The molecule has 0 fully saturated rings. The zero-order valence-electron chi connectivity index (χ0n) is 9.18. The van der Waals surface area contributed by atoms with Gasteiger partial charge in [0.15, 0.2) is 0 Å². The number of hydrogen-bond donors (Lipinski definition) is 0. The molecule has 4 heteroatoms. The Balaban J connectivity index is 2.33. The topological polar surface area (TPSA) is 41.9 Å². The van der Waals surface area contributed by atoms with Crippen molar-refractivity contribution >= 4 is 11.8 Å². The van der Waals surface area contributed by atoms with Crippen LogP contribution < -0.4 is 0 Å². The van der Waals surface area contributed by atoms with Crippen molar-refractivity contribution in [1.82, 2.24) is 5.01 Å². The molecule has 1 heterocycles. The largest absolute Gasteiger partial charge is 0.419 e. The Morgan fingerprint density at radius 1 is 1.38 bits per heavy atom. The fourth-order valence-electron chi connectivity index (χ4n) is 1.41. The maximum absolute atomic E-state index is 11.3. The molecule has 1 amide bonds. The third kappa shape index (κ3) is 1.82. The molecule has 0 bridgehead atoms. The first-order chi connectivity index (χ1) is 7.72. The lowest BCUT2D eigenvalue weighted by molar-refractivity contribution is -0.127. The third-order valence-corrected chi connectivity index (χ3v) is 2.17. The Bertz CT molecular complexity index is 463. The predicted octanol–water partition coefficient (Wildman–Crippen LogP) is 2.09. The van der Waals surface area contributed by atoms with Crippen molar-refractivity contribution in [3.05, 3.63) is 47.9 Å². The number of rotatable bonds is 1. The number of ether oxygens (including phenoxy) is 1. The second-order valence-corrected chi connectivity index (χ2v) is 3.33. The van der Waals surface area contributed by atoms with E-state index in [0.29, 0.717) is 11.8 Å². The smallest absolute Gasteiger partial charge is 0.247 e. The van der Waals surface area contributed by atoms with Crippen molar-refractivity contribution in [3.8, 4) is 0 Å². The van der Waals surface area contributed by atoms with Gasteiger partial charge in [0.1, 0.15) is 0 Å². The molecule has 0 radical (unpaired) electrons. The lowest BCUT2D eigenvalue weighted by atomic mass is 10.2. The zero-order chi connectivity index (χ0) is 11.5. The molecule has 0 unspecified atom stereocenters. The molecule has 1 aromatic carbocycles. The highest BCUT2D eigenvalue weighted by Crippen LogP contribution is 2.19. The first kappa shape index (κ1) is 10.4. The van der Waals surface area contributed by atoms with Gasteiger partial charge in [-0.25, -0.2) is 0 Å². The van der Waals surface area contributed by atoms with Gasteiger partial charge in [0.25, 0.3) is 0 Å². The van der Waals surface area contributed by atoms with Crippen LogP contribution >= 0.6 is 0 Å². The molecule has 0 aliphatic carbocycles. The molecule has 1 aliphatic heterocycles. The number of nitrogens with zero attached hydrogens (tertiary/aromatic N) is 2. The van der Waals surface area contributed by atoms with Crippen LogP contribution in [-0.2, 0) is 9.53 Å². The molecule has 2 rings (SSSR count). The second-order valence-electron chi connectivity index (χ2n) is 3.33. The summed E-state index contributed by atoms with van der Waals surface area (Å²) in [7, 11) is 0. The van der Waals surface area contributed by atoms with Crippen LogP contribution in [-0.4, -0.2) is 16.8 Å². The number of hydrogen-bond acceptors (Lipinski definition) is 3. The molecule has 0 saturated heterocycles. The number of allylic oxidation sites excluding steroid dienone is 1. The van der Waals surface area contributed by atoms with Gasteiger partial charge >= 0.3 is 0 Å². The van der Waals surface area contributed by atoms with Gasteiger partial charge in [-0.1, -0.05) is 18.2 Å². The summed E-state index contributed by atoms with van der Waals surface area (Å²) in [6, 6.07) is 9.48. The standard InChI is InChI=1S/C12H12N2O2/c1-3-11-14(9(2)15)13-12(16-11)10-7-5-4-6-8-10/h3-8H,1-2H3/b11-3+. The molecule has 16 heavy (non-hydrogen) atoms. The van der Waals surface area contributed by atoms with E-state index < -0.39 is 0 Å². The predicted molar refractivity (Wildman–Crippen MR) is 60.3 cm³/mol. The molecular formula is C12H12N2O2. The quantitative estimate of drug-likeness (QED) is 0.721.